The number of hydrogen-bond donors (Lipinski definition) is 2. The van der Waals surface area contributed by atoms with Gasteiger partial charge in [-0.25, -0.2) is 9.37 Å². The Bertz CT molecular complexity index is 665. The maximum absolute atomic E-state index is 13.6. The smallest absolute Gasteiger partial charge is 0.224 e. The lowest BCUT2D eigenvalue weighted by atomic mass is 10.1. The van der Waals surface area contributed by atoms with E-state index in [4.69, 9.17) is 11.6 Å². The second-order valence-corrected chi connectivity index (χ2v) is 4.85. The number of carbonyl (C=O) groups excluding carboxylic acids is 1. The Morgan fingerprint density at radius 1 is 1.43 bits per heavy atom. The van der Waals surface area contributed by atoms with Crippen LogP contribution in [0.4, 0.5) is 15.9 Å². The highest BCUT2D eigenvalue weighted by Crippen LogP contribution is 2.22. The second kappa shape index (κ2) is 6.49. The number of rotatable bonds is 4. The second-order valence-electron chi connectivity index (χ2n) is 4.51. The number of amides is 1. The van der Waals surface area contributed by atoms with Gasteiger partial charge in [-0.2, -0.15) is 4.98 Å². The lowest BCUT2D eigenvalue weighted by molar-refractivity contribution is -0.114. The molecule has 5 nitrogen and oxygen atoms in total. The van der Waals surface area contributed by atoms with Crippen molar-refractivity contribution in [2.45, 2.75) is 19.9 Å². The molecule has 1 aromatic heterocycles. The molecule has 1 heterocycles. The lowest BCUT2D eigenvalue weighted by Gasteiger charge is -2.16. The van der Waals surface area contributed by atoms with Gasteiger partial charge in [-0.3, -0.25) is 4.79 Å². The molecule has 110 valence electrons. The lowest BCUT2D eigenvalue weighted by Crippen LogP contribution is -2.11. The van der Waals surface area contributed by atoms with Crippen LogP contribution < -0.4 is 10.6 Å². The largest absolute Gasteiger partial charge is 0.361 e. The maximum atomic E-state index is 13.6. The molecule has 0 radical (unpaired) electrons. The Morgan fingerprint density at radius 2 is 2.19 bits per heavy atom. The van der Waals surface area contributed by atoms with Crippen LogP contribution in [0, 0.1) is 5.82 Å². The SMILES string of the molecule is CC(=O)Nc1cccc(C(C)Nc2nc(Cl)ncc2F)c1. The molecular weight excluding hydrogens is 295 g/mol. The highest BCUT2D eigenvalue weighted by atomic mass is 35.5. The Balaban J connectivity index is 2.18. The number of halogens is 2. The highest BCUT2D eigenvalue weighted by molar-refractivity contribution is 6.28. The third-order valence-electron chi connectivity index (χ3n) is 2.77. The average molecular weight is 309 g/mol. The third kappa shape index (κ3) is 4.13. The van der Waals surface area contributed by atoms with Gasteiger partial charge in [-0.05, 0) is 36.2 Å². The van der Waals surface area contributed by atoms with Gasteiger partial charge >= 0.3 is 0 Å². The summed E-state index contributed by atoms with van der Waals surface area (Å²) in [4.78, 5) is 18.4. The van der Waals surface area contributed by atoms with E-state index < -0.39 is 5.82 Å². The Labute approximate surface area is 126 Å². The minimum atomic E-state index is -0.579. The summed E-state index contributed by atoms with van der Waals surface area (Å²) in [5.41, 5.74) is 1.55. The van der Waals surface area contributed by atoms with E-state index in [-0.39, 0.29) is 23.1 Å². The fraction of sp³-hybridized carbons (Fsp3) is 0.214. The van der Waals surface area contributed by atoms with Crippen LogP contribution >= 0.6 is 11.6 Å². The average Bonchev–Trinajstić information content (AvgIpc) is 2.42. The predicted octanol–water partition coefficient (Wildman–Crippen LogP) is 3.40. The van der Waals surface area contributed by atoms with Gasteiger partial charge in [0.2, 0.25) is 11.2 Å². The van der Waals surface area contributed by atoms with Crippen molar-refractivity contribution in [3.63, 3.8) is 0 Å². The molecule has 2 rings (SSSR count). The number of carbonyl (C=O) groups is 1. The fourth-order valence-corrected chi connectivity index (χ4v) is 1.96. The number of nitrogens with one attached hydrogen (secondary N) is 2. The minimum Gasteiger partial charge on any atom is -0.361 e. The van der Waals surface area contributed by atoms with Crippen molar-refractivity contribution in [3.8, 4) is 0 Å². The van der Waals surface area contributed by atoms with Crippen LogP contribution in [0.5, 0.6) is 0 Å². The molecule has 0 saturated carbocycles. The first-order valence-corrected chi connectivity index (χ1v) is 6.65. The molecule has 0 aliphatic rings. The quantitative estimate of drug-likeness (QED) is 0.850. The van der Waals surface area contributed by atoms with Crippen molar-refractivity contribution >= 4 is 29.0 Å². The van der Waals surface area contributed by atoms with Crippen molar-refractivity contribution in [1.82, 2.24) is 9.97 Å². The fourth-order valence-electron chi connectivity index (χ4n) is 1.82. The van der Waals surface area contributed by atoms with Gasteiger partial charge in [0, 0.05) is 12.6 Å². The molecule has 0 aliphatic heterocycles. The first kappa shape index (κ1) is 15.2. The molecule has 0 aliphatic carbocycles. The Kier molecular flexibility index (Phi) is 4.70. The van der Waals surface area contributed by atoms with Crippen LogP contribution in [0.2, 0.25) is 5.28 Å². The molecule has 1 aromatic carbocycles. The van der Waals surface area contributed by atoms with Crippen LogP contribution in [0.15, 0.2) is 30.5 Å². The molecule has 21 heavy (non-hydrogen) atoms. The molecule has 2 N–H and O–H groups in total. The first-order valence-electron chi connectivity index (χ1n) is 6.28. The van der Waals surface area contributed by atoms with Crippen LogP contribution in [-0.4, -0.2) is 15.9 Å². The van der Waals surface area contributed by atoms with Gasteiger partial charge in [-0.1, -0.05) is 12.1 Å². The normalized spacial score (nSPS) is 11.8. The molecule has 0 fully saturated rings. The summed E-state index contributed by atoms with van der Waals surface area (Å²) >= 11 is 5.65. The van der Waals surface area contributed by atoms with Gasteiger partial charge in [0.25, 0.3) is 0 Å². The molecule has 7 heteroatoms. The van der Waals surface area contributed by atoms with E-state index in [2.05, 4.69) is 20.6 Å². The minimum absolute atomic E-state index is 0.0295. The molecule has 0 spiro atoms. The van der Waals surface area contributed by atoms with E-state index in [0.717, 1.165) is 11.8 Å². The molecule has 1 unspecified atom stereocenters. The number of anilines is 2. The van der Waals surface area contributed by atoms with Gasteiger partial charge in [-0.15, -0.1) is 0 Å². The van der Waals surface area contributed by atoms with Crippen molar-refractivity contribution in [2.75, 3.05) is 10.6 Å². The van der Waals surface area contributed by atoms with Crippen molar-refractivity contribution in [2.24, 2.45) is 0 Å². The molecule has 1 amide bonds. The van der Waals surface area contributed by atoms with E-state index in [1.165, 1.54) is 6.92 Å². The number of hydrogen-bond acceptors (Lipinski definition) is 4. The summed E-state index contributed by atoms with van der Waals surface area (Å²) in [6.07, 6.45) is 1.01. The van der Waals surface area contributed by atoms with Crippen LogP contribution in [0.1, 0.15) is 25.5 Å². The zero-order valence-corrected chi connectivity index (χ0v) is 12.3. The molecule has 0 bridgehead atoms. The van der Waals surface area contributed by atoms with E-state index in [1.807, 2.05) is 19.1 Å². The van der Waals surface area contributed by atoms with Gasteiger partial charge < -0.3 is 10.6 Å². The zero-order valence-electron chi connectivity index (χ0n) is 11.5. The van der Waals surface area contributed by atoms with Gasteiger partial charge in [0.15, 0.2) is 11.6 Å². The molecule has 2 aromatic rings. The summed E-state index contributed by atoms with van der Waals surface area (Å²) in [6, 6.07) is 7.03. The first-order chi connectivity index (χ1) is 9.95. The van der Waals surface area contributed by atoms with E-state index in [9.17, 15) is 9.18 Å². The Morgan fingerprint density at radius 3 is 2.90 bits per heavy atom. The molecule has 0 saturated heterocycles. The molecule has 1 atom stereocenters. The zero-order chi connectivity index (χ0) is 15.4. The van der Waals surface area contributed by atoms with Crippen LogP contribution in [0.25, 0.3) is 0 Å². The number of nitrogens with zero attached hydrogens (tertiary/aromatic N) is 2. The van der Waals surface area contributed by atoms with E-state index in [0.29, 0.717) is 5.69 Å². The number of aromatic nitrogens is 2. The standard InChI is InChI=1S/C14H14ClFN4O/c1-8(18-13-12(16)7-17-14(15)20-13)10-4-3-5-11(6-10)19-9(2)21/h3-8H,1-2H3,(H,19,21)(H,17,18,20). The van der Waals surface area contributed by atoms with Crippen LogP contribution in [0.3, 0.4) is 0 Å². The Hall–Kier alpha value is -2.21. The third-order valence-corrected chi connectivity index (χ3v) is 2.96. The van der Waals surface area contributed by atoms with Crippen molar-refractivity contribution in [1.29, 1.82) is 0 Å². The van der Waals surface area contributed by atoms with Crippen molar-refractivity contribution in [3.05, 3.63) is 47.1 Å². The monoisotopic (exact) mass is 308 g/mol. The van der Waals surface area contributed by atoms with Gasteiger partial charge in [0.05, 0.1) is 12.2 Å². The summed E-state index contributed by atoms with van der Waals surface area (Å²) in [5.74, 6) is -0.696. The number of benzene rings is 1. The summed E-state index contributed by atoms with van der Waals surface area (Å²) in [5, 5.41) is 5.59. The van der Waals surface area contributed by atoms with Crippen molar-refractivity contribution < 1.29 is 9.18 Å². The topological polar surface area (TPSA) is 66.9 Å². The van der Waals surface area contributed by atoms with E-state index >= 15 is 0 Å². The van der Waals surface area contributed by atoms with Crippen LogP contribution in [-0.2, 0) is 4.79 Å². The predicted molar refractivity (Wildman–Crippen MR) is 79.8 cm³/mol. The van der Waals surface area contributed by atoms with Gasteiger partial charge in [0.1, 0.15) is 0 Å². The highest BCUT2D eigenvalue weighted by Gasteiger charge is 2.11. The van der Waals surface area contributed by atoms with E-state index in [1.54, 1.807) is 12.1 Å². The summed E-state index contributed by atoms with van der Waals surface area (Å²) in [7, 11) is 0. The summed E-state index contributed by atoms with van der Waals surface area (Å²) < 4.78 is 13.6. The summed E-state index contributed by atoms with van der Waals surface area (Å²) in [6.45, 7) is 3.29. The molecular formula is C14H14ClFN4O. The maximum Gasteiger partial charge on any atom is 0.224 e.